The van der Waals surface area contributed by atoms with E-state index in [4.69, 9.17) is 4.52 Å². The van der Waals surface area contributed by atoms with Crippen LogP contribution in [0.25, 0.3) is 0 Å². The minimum atomic E-state index is 0.226. The number of nitrogens with zero attached hydrogens (tertiary/aromatic N) is 3. The number of carbonyl (C=O) groups excluding carboxylic acids is 1. The van der Waals surface area contributed by atoms with Crippen molar-refractivity contribution in [3.8, 4) is 0 Å². The number of nitrogens with one attached hydrogen (secondary N) is 1. The molecule has 21 heavy (non-hydrogen) atoms. The van der Waals surface area contributed by atoms with Crippen molar-refractivity contribution in [2.75, 3.05) is 13.1 Å². The summed E-state index contributed by atoms with van der Waals surface area (Å²) in [4.78, 5) is 18.6. The van der Waals surface area contributed by atoms with Crippen LogP contribution in [0.15, 0.2) is 4.52 Å². The summed E-state index contributed by atoms with van der Waals surface area (Å²) in [6, 6.07) is 0.612. The topological polar surface area (TPSA) is 71.3 Å². The lowest BCUT2D eigenvalue weighted by atomic mass is 10.1. The van der Waals surface area contributed by atoms with Crippen molar-refractivity contribution < 1.29 is 9.32 Å². The number of aromatic nitrogens is 2. The van der Waals surface area contributed by atoms with Gasteiger partial charge in [-0.15, -0.1) is 0 Å². The molecule has 1 aromatic heterocycles. The van der Waals surface area contributed by atoms with Gasteiger partial charge in [0.25, 0.3) is 0 Å². The molecular formula is C15H26N4O2. The number of aryl methyl sites for hydroxylation is 2. The first kappa shape index (κ1) is 15.9. The highest BCUT2D eigenvalue weighted by Crippen LogP contribution is 2.12. The van der Waals surface area contributed by atoms with Crippen molar-refractivity contribution in [2.24, 2.45) is 0 Å². The van der Waals surface area contributed by atoms with E-state index in [2.05, 4.69) is 36.2 Å². The first-order chi connectivity index (χ1) is 10.1. The minimum absolute atomic E-state index is 0.226. The Hall–Kier alpha value is -1.43. The van der Waals surface area contributed by atoms with Crippen molar-refractivity contribution >= 4 is 5.91 Å². The summed E-state index contributed by atoms with van der Waals surface area (Å²) in [6.07, 6.45) is 3.84. The molecule has 0 aromatic carbocycles. The number of carbonyl (C=O) groups is 1. The van der Waals surface area contributed by atoms with Gasteiger partial charge < -0.3 is 14.7 Å². The summed E-state index contributed by atoms with van der Waals surface area (Å²) < 4.78 is 5.19. The molecule has 2 rings (SSSR count). The molecule has 118 valence electrons. The molecule has 1 N–H and O–H groups in total. The molecule has 0 aliphatic carbocycles. The third-order valence-electron chi connectivity index (χ3n) is 4.12. The zero-order valence-electron chi connectivity index (χ0n) is 13.3. The lowest BCUT2D eigenvalue weighted by Crippen LogP contribution is -2.57. The molecule has 1 aliphatic rings. The molecule has 1 amide bonds. The fraction of sp³-hybridized carbons (Fsp3) is 0.800. The van der Waals surface area contributed by atoms with Gasteiger partial charge in [0.2, 0.25) is 11.8 Å². The van der Waals surface area contributed by atoms with Crippen molar-refractivity contribution in [3.05, 3.63) is 11.7 Å². The lowest BCUT2D eigenvalue weighted by Gasteiger charge is -2.38. The molecule has 0 radical (unpaired) electrons. The fourth-order valence-corrected chi connectivity index (χ4v) is 2.66. The first-order valence-corrected chi connectivity index (χ1v) is 7.96. The van der Waals surface area contributed by atoms with Gasteiger partial charge >= 0.3 is 0 Å². The third-order valence-corrected chi connectivity index (χ3v) is 4.12. The zero-order chi connectivity index (χ0) is 15.2. The van der Waals surface area contributed by atoms with Crippen LogP contribution < -0.4 is 5.32 Å². The average Bonchev–Trinajstić information content (AvgIpc) is 2.90. The summed E-state index contributed by atoms with van der Waals surface area (Å²) in [5, 5.41) is 7.31. The van der Waals surface area contributed by atoms with E-state index < -0.39 is 0 Å². The zero-order valence-corrected chi connectivity index (χ0v) is 13.3. The van der Waals surface area contributed by atoms with Gasteiger partial charge in [-0.2, -0.15) is 4.98 Å². The van der Waals surface area contributed by atoms with Crippen molar-refractivity contribution in [3.63, 3.8) is 0 Å². The Morgan fingerprint density at radius 2 is 2.24 bits per heavy atom. The highest BCUT2D eigenvalue weighted by Gasteiger charge is 2.27. The molecule has 0 spiro atoms. The normalized spacial score (nSPS) is 22.5. The Kier molecular flexibility index (Phi) is 5.73. The van der Waals surface area contributed by atoms with E-state index in [9.17, 15) is 4.79 Å². The number of rotatable bonds is 6. The molecule has 1 saturated heterocycles. The van der Waals surface area contributed by atoms with E-state index in [-0.39, 0.29) is 11.9 Å². The summed E-state index contributed by atoms with van der Waals surface area (Å²) in [6.45, 7) is 7.98. The smallest absolute Gasteiger partial charge is 0.226 e. The van der Waals surface area contributed by atoms with E-state index in [1.54, 1.807) is 0 Å². The summed E-state index contributed by atoms with van der Waals surface area (Å²) in [5.41, 5.74) is 0. The van der Waals surface area contributed by atoms with Crippen LogP contribution >= 0.6 is 0 Å². The minimum Gasteiger partial charge on any atom is -0.339 e. The molecule has 2 unspecified atom stereocenters. The Morgan fingerprint density at radius 3 is 3.00 bits per heavy atom. The highest BCUT2D eigenvalue weighted by atomic mass is 16.5. The van der Waals surface area contributed by atoms with Crippen molar-refractivity contribution in [1.82, 2.24) is 20.4 Å². The second-order valence-electron chi connectivity index (χ2n) is 5.78. The molecule has 0 saturated carbocycles. The van der Waals surface area contributed by atoms with E-state index in [0.29, 0.717) is 24.8 Å². The van der Waals surface area contributed by atoms with Gasteiger partial charge in [-0.05, 0) is 26.7 Å². The standard InChI is InChI=1S/C15H26N4O2/c1-4-6-13-17-14(21-18-13)7-5-8-15(20)19-10-9-16-11(2)12(19)3/h11-12,16H,4-10H2,1-3H3. The molecule has 1 fully saturated rings. The Morgan fingerprint density at radius 1 is 1.43 bits per heavy atom. The quantitative estimate of drug-likeness (QED) is 0.862. The number of hydrogen-bond acceptors (Lipinski definition) is 5. The summed E-state index contributed by atoms with van der Waals surface area (Å²) >= 11 is 0. The second kappa shape index (κ2) is 7.54. The van der Waals surface area contributed by atoms with Crippen LogP contribution in [-0.4, -0.2) is 46.1 Å². The van der Waals surface area contributed by atoms with Crippen LogP contribution in [0.3, 0.4) is 0 Å². The largest absolute Gasteiger partial charge is 0.339 e. The fourth-order valence-electron chi connectivity index (χ4n) is 2.66. The molecule has 1 aliphatic heterocycles. The third kappa shape index (κ3) is 4.27. The number of hydrogen-bond donors (Lipinski definition) is 1. The molecule has 1 aromatic rings. The predicted molar refractivity (Wildman–Crippen MR) is 79.9 cm³/mol. The van der Waals surface area contributed by atoms with E-state index in [1.165, 1.54) is 0 Å². The van der Waals surface area contributed by atoms with Crippen LogP contribution in [0.2, 0.25) is 0 Å². The molecule has 0 bridgehead atoms. The van der Waals surface area contributed by atoms with Gasteiger partial charge in [0.1, 0.15) is 0 Å². The average molecular weight is 294 g/mol. The summed E-state index contributed by atoms with van der Waals surface area (Å²) in [5.74, 6) is 1.64. The molecular weight excluding hydrogens is 268 g/mol. The lowest BCUT2D eigenvalue weighted by molar-refractivity contribution is -0.134. The molecule has 2 atom stereocenters. The van der Waals surface area contributed by atoms with Crippen molar-refractivity contribution in [2.45, 2.75) is 65.0 Å². The van der Waals surface area contributed by atoms with E-state index in [1.807, 2.05) is 4.90 Å². The molecule has 6 heteroatoms. The molecule has 2 heterocycles. The van der Waals surface area contributed by atoms with Crippen molar-refractivity contribution in [1.29, 1.82) is 0 Å². The highest BCUT2D eigenvalue weighted by molar-refractivity contribution is 5.76. The van der Waals surface area contributed by atoms with Gasteiger partial charge in [0, 0.05) is 44.4 Å². The maximum atomic E-state index is 12.3. The van der Waals surface area contributed by atoms with Crippen LogP contribution in [-0.2, 0) is 17.6 Å². The first-order valence-electron chi connectivity index (χ1n) is 7.96. The van der Waals surface area contributed by atoms with Crippen LogP contribution in [0.5, 0.6) is 0 Å². The monoisotopic (exact) mass is 294 g/mol. The van der Waals surface area contributed by atoms with Gasteiger partial charge in [0.15, 0.2) is 5.82 Å². The maximum Gasteiger partial charge on any atom is 0.226 e. The van der Waals surface area contributed by atoms with Gasteiger partial charge in [-0.3, -0.25) is 4.79 Å². The second-order valence-corrected chi connectivity index (χ2v) is 5.78. The predicted octanol–water partition coefficient (Wildman–Crippen LogP) is 1.55. The van der Waals surface area contributed by atoms with E-state index >= 15 is 0 Å². The van der Waals surface area contributed by atoms with Gasteiger partial charge in [0.05, 0.1) is 0 Å². The van der Waals surface area contributed by atoms with E-state index in [0.717, 1.165) is 38.2 Å². The summed E-state index contributed by atoms with van der Waals surface area (Å²) in [7, 11) is 0. The van der Waals surface area contributed by atoms with Gasteiger partial charge in [-0.1, -0.05) is 12.1 Å². The number of amides is 1. The Labute approximate surface area is 126 Å². The van der Waals surface area contributed by atoms with Crippen LogP contribution in [0, 0.1) is 0 Å². The van der Waals surface area contributed by atoms with Gasteiger partial charge in [-0.25, -0.2) is 0 Å². The Balaban J connectivity index is 1.75. The van der Waals surface area contributed by atoms with Crippen LogP contribution in [0.4, 0.5) is 0 Å². The van der Waals surface area contributed by atoms with Crippen LogP contribution in [0.1, 0.15) is 51.7 Å². The SMILES string of the molecule is CCCc1noc(CCCC(=O)N2CCNC(C)C2C)n1. The Bertz CT molecular complexity index is 460. The number of piperazine rings is 1. The maximum absolute atomic E-state index is 12.3. The molecule has 6 nitrogen and oxygen atoms in total.